The molecule has 0 amide bonds. The van der Waals surface area contributed by atoms with Crippen LogP contribution in [0.1, 0.15) is 38.3 Å². The van der Waals surface area contributed by atoms with Gasteiger partial charge in [0.15, 0.2) is 0 Å². The summed E-state index contributed by atoms with van der Waals surface area (Å²) in [6.45, 7) is 4.43. The first-order chi connectivity index (χ1) is 7.20. The number of halogens is 1. The van der Waals surface area contributed by atoms with Crippen molar-refractivity contribution in [1.29, 1.82) is 0 Å². The lowest BCUT2D eigenvalue weighted by molar-refractivity contribution is 0.367. The summed E-state index contributed by atoms with van der Waals surface area (Å²) in [4.78, 5) is 0. The van der Waals surface area contributed by atoms with Gasteiger partial charge in [-0.05, 0) is 24.0 Å². The van der Waals surface area contributed by atoms with E-state index in [2.05, 4.69) is 47.3 Å². The van der Waals surface area contributed by atoms with Crippen LogP contribution in [0.3, 0.4) is 0 Å². The van der Waals surface area contributed by atoms with Gasteiger partial charge in [0.05, 0.1) is 0 Å². The third kappa shape index (κ3) is 3.30. The van der Waals surface area contributed by atoms with Gasteiger partial charge in [-0.15, -0.1) is 0 Å². The van der Waals surface area contributed by atoms with Crippen molar-refractivity contribution in [3.8, 4) is 0 Å². The van der Waals surface area contributed by atoms with Gasteiger partial charge in [-0.25, -0.2) is 0 Å². The molecule has 3 N–H and O–H groups in total. The van der Waals surface area contributed by atoms with Crippen molar-refractivity contribution in [3.05, 3.63) is 34.3 Å². The van der Waals surface area contributed by atoms with Crippen molar-refractivity contribution < 1.29 is 0 Å². The monoisotopic (exact) mass is 270 g/mol. The predicted molar refractivity (Wildman–Crippen MR) is 68.3 cm³/mol. The number of nitrogens with one attached hydrogen (secondary N) is 1. The zero-order valence-electron chi connectivity index (χ0n) is 9.33. The second kappa shape index (κ2) is 6.26. The van der Waals surface area contributed by atoms with Crippen LogP contribution in [0.5, 0.6) is 0 Å². The largest absolute Gasteiger partial charge is 0.271 e. The molecule has 2 unspecified atom stereocenters. The van der Waals surface area contributed by atoms with Gasteiger partial charge in [-0.3, -0.25) is 11.3 Å². The Bertz CT molecular complexity index is 301. The van der Waals surface area contributed by atoms with E-state index in [4.69, 9.17) is 5.84 Å². The lowest BCUT2D eigenvalue weighted by Gasteiger charge is -2.24. The van der Waals surface area contributed by atoms with Gasteiger partial charge in [-0.1, -0.05) is 54.4 Å². The van der Waals surface area contributed by atoms with E-state index >= 15 is 0 Å². The summed E-state index contributed by atoms with van der Waals surface area (Å²) in [7, 11) is 0. The molecule has 1 aromatic carbocycles. The average molecular weight is 271 g/mol. The Morgan fingerprint density at radius 3 is 2.60 bits per heavy atom. The van der Waals surface area contributed by atoms with Crippen molar-refractivity contribution >= 4 is 15.9 Å². The van der Waals surface area contributed by atoms with Gasteiger partial charge in [0, 0.05) is 10.5 Å². The van der Waals surface area contributed by atoms with Crippen LogP contribution in [0.25, 0.3) is 0 Å². The lowest BCUT2D eigenvalue weighted by atomic mass is 9.91. The Balaban J connectivity index is 2.87. The van der Waals surface area contributed by atoms with E-state index in [1.54, 1.807) is 0 Å². The minimum Gasteiger partial charge on any atom is -0.271 e. The SMILES string of the molecule is CCCC(C)C(NN)c1ccccc1Br. The maximum absolute atomic E-state index is 5.63. The normalized spacial score (nSPS) is 14.9. The van der Waals surface area contributed by atoms with Gasteiger partial charge in [0.1, 0.15) is 0 Å². The molecule has 1 aromatic rings. The summed E-state index contributed by atoms with van der Waals surface area (Å²) in [6.07, 6.45) is 2.36. The van der Waals surface area contributed by atoms with Crippen molar-refractivity contribution in [2.45, 2.75) is 32.7 Å². The van der Waals surface area contributed by atoms with E-state index in [1.807, 2.05) is 12.1 Å². The molecule has 0 aliphatic carbocycles. The molecule has 0 aromatic heterocycles. The van der Waals surface area contributed by atoms with Gasteiger partial charge >= 0.3 is 0 Å². The minimum atomic E-state index is 0.223. The number of nitrogens with two attached hydrogens (primary N) is 1. The van der Waals surface area contributed by atoms with Crippen LogP contribution >= 0.6 is 15.9 Å². The molecule has 0 aliphatic heterocycles. The summed E-state index contributed by atoms with van der Waals surface area (Å²) in [5.41, 5.74) is 4.15. The molecule has 0 radical (unpaired) electrons. The second-order valence-electron chi connectivity index (χ2n) is 3.93. The third-order valence-corrected chi connectivity index (χ3v) is 3.46. The Morgan fingerprint density at radius 2 is 2.07 bits per heavy atom. The molecule has 0 bridgehead atoms. The average Bonchev–Trinajstić information content (AvgIpc) is 2.22. The van der Waals surface area contributed by atoms with Gasteiger partial charge in [-0.2, -0.15) is 0 Å². The first-order valence-electron chi connectivity index (χ1n) is 5.41. The summed E-state index contributed by atoms with van der Waals surface area (Å²) in [6, 6.07) is 8.45. The zero-order chi connectivity index (χ0) is 11.3. The molecule has 15 heavy (non-hydrogen) atoms. The highest BCUT2D eigenvalue weighted by atomic mass is 79.9. The van der Waals surface area contributed by atoms with Crippen LogP contribution in [0.15, 0.2) is 28.7 Å². The fraction of sp³-hybridized carbons (Fsp3) is 0.500. The maximum Gasteiger partial charge on any atom is 0.0496 e. The Hall–Kier alpha value is -0.380. The van der Waals surface area contributed by atoms with Gasteiger partial charge in [0.25, 0.3) is 0 Å². The van der Waals surface area contributed by atoms with E-state index in [1.165, 1.54) is 18.4 Å². The van der Waals surface area contributed by atoms with Crippen LogP contribution in [0.2, 0.25) is 0 Å². The second-order valence-corrected chi connectivity index (χ2v) is 4.79. The quantitative estimate of drug-likeness (QED) is 0.636. The van der Waals surface area contributed by atoms with Crippen molar-refractivity contribution in [2.75, 3.05) is 0 Å². The third-order valence-electron chi connectivity index (χ3n) is 2.73. The summed E-state index contributed by atoms with van der Waals surface area (Å²) in [5, 5.41) is 0. The molecule has 84 valence electrons. The highest BCUT2D eigenvalue weighted by Crippen LogP contribution is 2.29. The summed E-state index contributed by atoms with van der Waals surface area (Å²) >= 11 is 3.56. The van der Waals surface area contributed by atoms with Crippen LogP contribution < -0.4 is 11.3 Å². The molecule has 0 heterocycles. The Kier molecular flexibility index (Phi) is 5.29. The van der Waals surface area contributed by atoms with Crippen LogP contribution in [0, 0.1) is 5.92 Å². The fourth-order valence-corrected chi connectivity index (χ4v) is 2.44. The molecule has 2 nitrogen and oxygen atoms in total. The first-order valence-corrected chi connectivity index (χ1v) is 6.20. The number of benzene rings is 1. The Labute approximate surface area is 100 Å². The highest BCUT2D eigenvalue weighted by molar-refractivity contribution is 9.10. The number of hydrogen-bond donors (Lipinski definition) is 2. The van der Waals surface area contributed by atoms with Gasteiger partial charge in [0.2, 0.25) is 0 Å². The van der Waals surface area contributed by atoms with E-state index in [-0.39, 0.29) is 6.04 Å². The Morgan fingerprint density at radius 1 is 1.40 bits per heavy atom. The maximum atomic E-state index is 5.63. The molecular formula is C12H19BrN2. The molecule has 3 heteroatoms. The zero-order valence-corrected chi connectivity index (χ0v) is 10.9. The smallest absolute Gasteiger partial charge is 0.0496 e. The summed E-state index contributed by atoms with van der Waals surface area (Å²) in [5.74, 6) is 6.17. The minimum absolute atomic E-state index is 0.223. The molecule has 0 saturated carbocycles. The van der Waals surface area contributed by atoms with Crippen LogP contribution in [-0.2, 0) is 0 Å². The molecule has 0 spiro atoms. The molecule has 2 atom stereocenters. The van der Waals surface area contributed by atoms with E-state index in [9.17, 15) is 0 Å². The molecule has 0 aliphatic rings. The number of hydrogen-bond acceptors (Lipinski definition) is 2. The molecular weight excluding hydrogens is 252 g/mol. The fourth-order valence-electron chi connectivity index (χ4n) is 1.91. The predicted octanol–water partition coefficient (Wildman–Crippen LogP) is 3.39. The summed E-state index contributed by atoms with van der Waals surface area (Å²) < 4.78 is 1.12. The highest BCUT2D eigenvalue weighted by Gasteiger charge is 2.18. The topological polar surface area (TPSA) is 38.0 Å². The standard InChI is InChI=1S/C12H19BrN2/c1-3-6-9(2)12(15-14)10-7-4-5-8-11(10)13/h4-5,7-9,12,15H,3,6,14H2,1-2H3. The molecule has 0 saturated heterocycles. The van der Waals surface area contributed by atoms with Crippen LogP contribution in [0.4, 0.5) is 0 Å². The van der Waals surface area contributed by atoms with Gasteiger partial charge < -0.3 is 0 Å². The van der Waals surface area contributed by atoms with Crippen LogP contribution in [-0.4, -0.2) is 0 Å². The lowest BCUT2D eigenvalue weighted by Crippen LogP contribution is -2.32. The van der Waals surface area contributed by atoms with Crippen molar-refractivity contribution in [2.24, 2.45) is 11.8 Å². The first kappa shape index (κ1) is 12.7. The number of hydrazine groups is 1. The molecule has 1 rings (SSSR count). The van der Waals surface area contributed by atoms with E-state index in [0.717, 1.165) is 4.47 Å². The number of rotatable bonds is 5. The van der Waals surface area contributed by atoms with Crippen molar-refractivity contribution in [1.82, 2.24) is 5.43 Å². The van der Waals surface area contributed by atoms with E-state index < -0.39 is 0 Å². The van der Waals surface area contributed by atoms with E-state index in [0.29, 0.717) is 5.92 Å². The molecule has 0 fully saturated rings. The van der Waals surface area contributed by atoms with Crippen molar-refractivity contribution in [3.63, 3.8) is 0 Å².